The Labute approximate surface area is 102 Å². The van der Waals surface area contributed by atoms with Gasteiger partial charge in [-0.05, 0) is 26.2 Å². The van der Waals surface area contributed by atoms with Gasteiger partial charge in [-0.25, -0.2) is 9.97 Å². The molecule has 0 N–H and O–H groups in total. The molecular formula is C12H18ClN3. The van der Waals surface area contributed by atoms with Gasteiger partial charge < -0.3 is 4.90 Å². The van der Waals surface area contributed by atoms with Crippen LogP contribution in [0.15, 0.2) is 0 Å². The van der Waals surface area contributed by atoms with Gasteiger partial charge in [-0.15, -0.1) is 0 Å². The summed E-state index contributed by atoms with van der Waals surface area (Å²) in [5.41, 5.74) is 1.00. The monoisotopic (exact) mass is 239 g/mol. The Kier molecular flexibility index (Phi) is 3.33. The van der Waals surface area contributed by atoms with E-state index < -0.39 is 0 Å². The van der Waals surface area contributed by atoms with E-state index in [0.717, 1.165) is 36.2 Å². The van der Waals surface area contributed by atoms with E-state index in [1.54, 1.807) is 0 Å². The fraction of sp³-hybridized carbons (Fsp3) is 0.667. The summed E-state index contributed by atoms with van der Waals surface area (Å²) < 4.78 is 0. The predicted molar refractivity (Wildman–Crippen MR) is 67.1 cm³/mol. The second-order valence-electron chi connectivity index (χ2n) is 4.52. The van der Waals surface area contributed by atoms with Crippen molar-refractivity contribution in [2.45, 2.75) is 33.6 Å². The number of halogens is 1. The maximum absolute atomic E-state index is 6.09. The van der Waals surface area contributed by atoms with E-state index in [0.29, 0.717) is 5.15 Å². The van der Waals surface area contributed by atoms with Crippen LogP contribution in [0.5, 0.6) is 0 Å². The van der Waals surface area contributed by atoms with Crippen LogP contribution in [0.25, 0.3) is 0 Å². The van der Waals surface area contributed by atoms with E-state index in [1.165, 1.54) is 12.8 Å². The Hall–Kier alpha value is -0.830. The minimum atomic E-state index is 0.586. The van der Waals surface area contributed by atoms with E-state index in [1.807, 2.05) is 13.8 Å². The third-order valence-electron chi connectivity index (χ3n) is 3.34. The zero-order valence-corrected chi connectivity index (χ0v) is 10.9. The van der Waals surface area contributed by atoms with E-state index in [4.69, 9.17) is 11.6 Å². The highest BCUT2D eigenvalue weighted by atomic mass is 35.5. The quantitative estimate of drug-likeness (QED) is 0.743. The Morgan fingerprint density at radius 1 is 1.38 bits per heavy atom. The van der Waals surface area contributed by atoms with Crippen LogP contribution in [-0.4, -0.2) is 23.1 Å². The first-order chi connectivity index (χ1) is 7.61. The lowest BCUT2D eigenvalue weighted by atomic mass is 10.1. The van der Waals surface area contributed by atoms with Crippen LogP contribution in [0.2, 0.25) is 5.15 Å². The zero-order valence-electron chi connectivity index (χ0n) is 10.1. The molecule has 1 atom stereocenters. The Balaban J connectivity index is 2.27. The molecule has 1 aliphatic rings. The first-order valence-electron chi connectivity index (χ1n) is 5.87. The zero-order chi connectivity index (χ0) is 11.7. The maximum Gasteiger partial charge on any atom is 0.137 e. The number of anilines is 1. The van der Waals surface area contributed by atoms with Crippen molar-refractivity contribution in [1.29, 1.82) is 0 Å². The summed E-state index contributed by atoms with van der Waals surface area (Å²) in [6.07, 6.45) is 2.50. The van der Waals surface area contributed by atoms with Crippen molar-refractivity contribution in [3.8, 4) is 0 Å². The van der Waals surface area contributed by atoms with Crippen molar-refractivity contribution >= 4 is 17.4 Å². The van der Waals surface area contributed by atoms with Crippen LogP contribution in [0.3, 0.4) is 0 Å². The van der Waals surface area contributed by atoms with Gasteiger partial charge in [0.2, 0.25) is 0 Å². The third-order valence-corrected chi connectivity index (χ3v) is 3.70. The molecule has 1 aliphatic heterocycles. The van der Waals surface area contributed by atoms with Gasteiger partial charge in [0.05, 0.1) is 0 Å². The smallest absolute Gasteiger partial charge is 0.137 e. The van der Waals surface area contributed by atoms with Gasteiger partial charge in [0.25, 0.3) is 0 Å². The number of hydrogen-bond donors (Lipinski definition) is 0. The molecule has 2 rings (SSSR count). The lowest BCUT2D eigenvalue weighted by molar-refractivity contribution is 0.568. The second-order valence-corrected chi connectivity index (χ2v) is 4.88. The van der Waals surface area contributed by atoms with Crippen molar-refractivity contribution < 1.29 is 0 Å². The number of hydrogen-bond acceptors (Lipinski definition) is 3. The van der Waals surface area contributed by atoms with Gasteiger partial charge >= 0.3 is 0 Å². The molecule has 1 saturated heterocycles. The van der Waals surface area contributed by atoms with Crippen molar-refractivity contribution in [3.05, 3.63) is 16.5 Å². The summed E-state index contributed by atoms with van der Waals surface area (Å²) in [6.45, 7) is 8.33. The molecule has 1 aromatic heterocycles. The Morgan fingerprint density at radius 3 is 2.75 bits per heavy atom. The molecule has 0 spiro atoms. The lowest BCUT2D eigenvalue weighted by Gasteiger charge is -2.20. The van der Waals surface area contributed by atoms with E-state index >= 15 is 0 Å². The van der Waals surface area contributed by atoms with E-state index in [9.17, 15) is 0 Å². The minimum absolute atomic E-state index is 0.586. The first-order valence-corrected chi connectivity index (χ1v) is 6.25. The molecule has 88 valence electrons. The topological polar surface area (TPSA) is 29.0 Å². The van der Waals surface area contributed by atoms with Gasteiger partial charge in [0.15, 0.2) is 0 Å². The van der Waals surface area contributed by atoms with Crippen molar-refractivity contribution in [2.75, 3.05) is 18.0 Å². The number of aryl methyl sites for hydroxylation is 1. The van der Waals surface area contributed by atoms with E-state index in [-0.39, 0.29) is 0 Å². The summed E-state index contributed by atoms with van der Waals surface area (Å²) in [7, 11) is 0. The lowest BCUT2D eigenvalue weighted by Crippen LogP contribution is -2.22. The normalized spacial score (nSPS) is 20.5. The summed E-state index contributed by atoms with van der Waals surface area (Å²) >= 11 is 6.09. The molecule has 0 aromatic carbocycles. The highest BCUT2D eigenvalue weighted by molar-refractivity contribution is 6.30. The molecule has 0 amide bonds. The third kappa shape index (κ3) is 2.14. The molecule has 16 heavy (non-hydrogen) atoms. The summed E-state index contributed by atoms with van der Waals surface area (Å²) in [4.78, 5) is 11.0. The van der Waals surface area contributed by atoms with E-state index in [2.05, 4.69) is 21.8 Å². The number of rotatable bonds is 2. The molecule has 4 heteroatoms. The highest BCUT2D eigenvalue weighted by Gasteiger charge is 2.24. The largest absolute Gasteiger partial charge is 0.356 e. The van der Waals surface area contributed by atoms with Crippen molar-refractivity contribution in [3.63, 3.8) is 0 Å². The van der Waals surface area contributed by atoms with Gasteiger partial charge in [-0.2, -0.15) is 0 Å². The van der Waals surface area contributed by atoms with Gasteiger partial charge in [-0.3, -0.25) is 0 Å². The van der Waals surface area contributed by atoms with Crippen molar-refractivity contribution in [2.24, 2.45) is 5.92 Å². The summed E-state index contributed by atoms with van der Waals surface area (Å²) in [5, 5.41) is 0.586. The van der Waals surface area contributed by atoms with Crippen LogP contribution in [0.1, 0.15) is 31.2 Å². The van der Waals surface area contributed by atoms with Gasteiger partial charge in [0.1, 0.15) is 16.8 Å². The minimum Gasteiger partial charge on any atom is -0.356 e. The maximum atomic E-state index is 6.09. The summed E-state index contributed by atoms with van der Waals surface area (Å²) in [5.74, 6) is 2.58. The van der Waals surface area contributed by atoms with Crippen LogP contribution in [0, 0.1) is 19.8 Å². The molecule has 0 saturated carbocycles. The number of aromatic nitrogens is 2. The molecule has 1 fully saturated rings. The first kappa shape index (κ1) is 11.6. The molecular weight excluding hydrogens is 222 g/mol. The van der Waals surface area contributed by atoms with Crippen LogP contribution >= 0.6 is 11.6 Å². The van der Waals surface area contributed by atoms with Gasteiger partial charge in [-0.1, -0.05) is 24.9 Å². The van der Waals surface area contributed by atoms with Crippen LogP contribution in [0.4, 0.5) is 5.82 Å². The predicted octanol–water partition coefficient (Wildman–Crippen LogP) is 2.98. The molecule has 1 unspecified atom stereocenters. The fourth-order valence-corrected chi connectivity index (χ4v) is 2.45. The Morgan fingerprint density at radius 2 is 2.12 bits per heavy atom. The molecule has 0 aliphatic carbocycles. The Bertz CT molecular complexity index is 392. The molecule has 0 bridgehead atoms. The fourth-order valence-electron chi connectivity index (χ4n) is 2.25. The molecule has 0 radical (unpaired) electrons. The second kappa shape index (κ2) is 4.58. The van der Waals surface area contributed by atoms with Crippen molar-refractivity contribution in [1.82, 2.24) is 9.97 Å². The molecule has 1 aromatic rings. The van der Waals surface area contributed by atoms with Crippen LogP contribution in [-0.2, 0) is 0 Å². The van der Waals surface area contributed by atoms with Gasteiger partial charge in [0, 0.05) is 18.7 Å². The summed E-state index contributed by atoms with van der Waals surface area (Å²) in [6, 6.07) is 0. The molecule has 2 heterocycles. The average molecular weight is 240 g/mol. The highest BCUT2D eigenvalue weighted by Crippen LogP contribution is 2.29. The number of nitrogens with zero attached hydrogens (tertiary/aromatic N) is 3. The van der Waals surface area contributed by atoms with Crippen LogP contribution < -0.4 is 4.90 Å². The average Bonchev–Trinajstić information content (AvgIpc) is 2.71. The SMILES string of the molecule is CCC1CCN(c2nc(C)nc(Cl)c2C)C1. The standard InChI is InChI=1S/C12H18ClN3/c1-4-10-5-6-16(7-10)12-8(2)11(13)14-9(3)15-12/h10H,4-7H2,1-3H3. The molecule has 3 nitrogen and oxygen atoms in total.